The number of hydrogen-bond acceptors (Lipinski definition) is 5. The van der Waals surface area contributed by atoms with Gasteiger partial charge in [-0.2, -0.15) is 5.10 Å². The average molecular weight is 469 g/mol. The zero-order chi connectivity index (χ0) is 24.2. The molecule has 0 radical (unpaired) electrons. The van der Waals surface area contributed by atoms with Crippen LogP contribution in [-0.4, -0.2) is 70.2 Å². The summed E-state index contributed by atoms with van der Waals surface area (Å²) in [4.78, 5) is 23.5. The molecule has 1 atom stereocenters. The lowest BCUT2D eigenvalue weighted by molar-refractivity contribution is 0.0909. The minimum atomic E-state index is -0.114. The van der Waals surface area contributed by atoms with Crippen molar-refractivity contribution in [1.82, 2.24) is 29.9 Å². The maximum Gasteiger partial charge on any atom is 0.252 e. The fourth-order valence-electron chi connectivity index (χ4n) is 4.67. The normalized spacial score (nSPS) is 15.8. The number of amides is 1. The van der Waals surface area contributed by atoms with Crippen LogP contribution in [0.4, 0.5) is 0 Å². The van der Waals surface area contributed by atoms with Crippen molar-refractivity contribution >= 4 is 16.9 Å². The monoisotopic (exact) mass is 468 g/mol. The Labute approximate surface area is 206 Å². The van der Waals surface area contributed by atoms with Crippen LogP contribution < -0.4 is 5.32 Å². The summed E-state index contributed by atoms with van der Waals surface area (Å²) in [5.74, 6) is -0.104. The Morgan fingerprint density at radius 3 is 2.37 bits per heavy atom. The van der Waals surface area contributed by atoms with E-state index in [1.165, 1.54) is 0 Å². The van der Waals surface area contributed by atoms with Gasteiger partial charge >= 0.3 is 0 Å². The summed E-state index contributed by atoms with van der Waals surface area (Å²) in [6.07, 6.45) is 1.76. The molecule has 1 N–H and O–H groups in total. The van der Waals surface area contributed by atoms with E-state index in [9.17, 15) is 4.79 Å². The molecule has 1 saturated heterocycles. The largest absolute Gasteiger partial charge is 0.344 e. The van der Waals surface area contributed by atoms with Gasteiger partial charge in [0.1, 0.15) is 0 Å². The predicted molar refractivity (Wildman–Crippen MR) is 139 cm³/mol. The van der Waals surface area contributed by atoms with E-state index in [4.69, 9.17) is 4.98 Å². The van der Waals surface area contributed by atoms with Gasteiger partial charge in [0.25, 0.3) is 5.91 Å². The van der Waals surface area contributed by atoms with Crippen LogP contribution in [0.1, 0.15) is 28.9 Å². The van der Waals surface area contributed by atoms with Gasteiger partial charge in [0, 0.05) is 44.8 Å². The number of piperazine rings is 1. The van der Waals surface area contributed by atoms with Crippen molar-refractivity contribution < 1.29 is 4.79 Å². The maximum absolute atomic E-state index is 13.8. The number of aromatic nitrogens is 3. The molecule has 35 heavy (non-hydrogen) atoms. The van der Waals surface area contributed by atoms with Gasteiger partial charge in [0.2, 0.25) is 0 Å². The summed E-state index contributed by atoms with van der Waals surface area (Å²) in [6.45, 7) is 7.56. The third kappa shape index (κ3) is 5.11. The lowest BCUT2D eigenvalue weighted by atomic mass is 10.0. The SMILES string of the molecule is CCn1ncc2c(C(=O)NC(CN3CCN(C)CC3)c3ccccc3)cc(-c3ccccc3)nc21. The molecule has 2 aromatic heterocycles. The number of nitrogens with one attached hydrogen (secondary N) is 1. The van der Waals surface area contributed by atoms with Crippen LogP contribution in [0.3, 0.4) is 0 Å². The molecule has 7 heteroatoms. The molecule has 1 amide bonds. The molecule has 0 saturated carbocycles. The number of hydrogen-bond donors (Lipinski definition) is 1. The highest BCUT2D eigenvalue weighted by atomic mass is 16.1. The minimum Gasteiger partial charge on any atom is -0.344 e. The van der Waals surface area contributed by atoms with Crippen molar-refractivity contribution in [3.05, 3.63) is 84.1 Å². The van der Waals surface area contributed by atoms with Gasteiger partial charge < -0.3 is 10.2 Å². The molecule has 1 fully saturated rings. The second-order valence-electron chi connectivity index (χ2n) is 9.16. The van der Waals surface area contributed by atoms with Crippen LogP contribution in [-0.2, 0) is 6.54 Å². The predicted octanol–water partition coefficient (Wildman–Crippen LogP) is 3.84. The lowest BCUT2D eigenvalue weighted by Crippen LogP contribution is -2.47. The van der Waals surface area contributed by atoms with Crippen molar-refractivity contribution in [2.75, 3.05) is 39.8 Å². The smallest absolute Gasteiger partial charge is 0.252 e. The summed E-state index contributed by atoms with van der Waals surface area (Å²) >= 11 is 0. The van der Waals surface area contributed by atoms with Crippen LogP contribution in [0.5, 0.6) is 0 Å². The topological polar surface area (TPSA) is 66.3 Å². The lowest BCUT2D eigenvalue weighted by Gasteiger charge is -2.35. The first-order valence-electron chi connectivity index (χ1n) is 12.3. The quantitative estimate of drug-likeness (QED) is 0.447. The molecule has 1 aliphatic heterocycles. The molecule has 180 valence electrons. The molecule has 0 aliphatic carbocycles. The third-order valence-corrected chi connectivity index (χ3v) is 6.77. The number of aryl methyl sites for hydroxylation is 1. The van der Waals surface area contributed by atoms with Crippen LogP contribution in [0.2, 0.25) is 0 Å². The summed E-state index contributed by atoms with van der Waals surface area (Å²) in [5, 5.41) is 8.61. The van der Waals surface area contributed by atoms with E-state index in [-0.39, 0.29) is 11.9 Å². The van der Waals surface area contributed by atoms with E-state index in [2.05, 4.69) is 39.4 Å². The fourth-order valence-corrected chi connectivity index (χ4v) is 4.67. The Balaban J connectivity index is 1.49. The minimum absolute atomic E-state index is 0.104. The molecular formula is C28H32N6O. The first kappa shape index (κ1) is 23.2. The summed E-state index contributed by atoms with van der Waals surface area (Å²) in [7, 11) is 2.16. The van der Waals surface area contributed by atoms with Gasteiger partial charge in [0.15, 0.2) is 5.65 Å². The Bertz CT molecular complexity index is 1280. The van der Waals surface area contributed by atoms with Gasteiger partial charge in [-0.3, -0.25) is 9.69 Å². The van der Waals surface area contributed by atoms with Gasteiger partial charge in [-0.05, 0) is 25.6 Å². The molecule has 3 heterocycles. The van der Waals surface area contributed by atoms with Gasteiger partial charge in [-0.25, -0.2) is 9.67 Å². The number of likely N-dealkylation sites (N-methyl/N-ethyl adjacent to an activating group) is 1. The summed E-state index contributed by atoms with van der Waals surface area (Å²) in [6, 6.07) is 22.0. The molecule has 2 aromatic carbocycles. The number of rotatable bonds is 7. The Kier molecular flexibility index (Phi) is 6.88. The van der Waals surface area contributed by atoms with E-state index in [1.54, 1.807) is 6.20 Å². The zero-order valence-corrected chi connectivity index (χ0v) is 20.4. The molecule has 0 spiro atoms. The highest BCUT2D eigenvalue weighted by molar-refractivity contribution is 6.06. The van der Waals surface area contributed by atoms with Crippen molar-refractivity contribution in [2.45, 2.75) is 19.5 Å². The van der Waals surface area contributed by atoms with Gasteiger partial charge in [-0.1, -0.05) is 60.7 Å². The zero-order valence-electron chi connectivity index (χ0n) is 20.4. The molecule has 1 unspecified atom stereocenters. The fraction of sp³-hybridized carbons (Fsp3) is 0.321. The first-order chi connectivity index (χ1) is 17.1. The molecule has 4 aromatic rings. The van der Waals surface area contributed by atoms with E-state index >= 15 is 0 Å². The molecule has 0 bridgehead atoms. The van der Waals surface area contributed by atoms with Gasteiger partial charge in [0.05, 0.1) is 28.9 Å². The number of benzene rings is 2. The first-order valence-corrected chi connectivity index (χ1v) is 12.3. The second-order valence-corrected chi connectivity index (χ2v) is 9.16. The van der Waals surface area contributed by atoms with Crippen molar-refractivity contribution in [2.24, 2.45) is 0 Å². The van der Waals surface area contributed by atoms with E-state index in [0.717, 1.165) is 60.6 Å². The van der Waals surface area contributed by atoms with Gasteiger partial charge in [-0.15, -0.1) is 0 Å². The summed E-state index contributed by atoms with van der Waals surface area (Å²) < 4.78 is 1.84. The number of carbonyl (C=O) groups excluding carboxylic acids is 1. The Morgan fingerprint density at radius 2 is 1.69 bits per heavy atom. The molecular weight excluding hydrogens is 436 g/mol. The maximum atomic E-state index is 13.8. The van der Waals surface area contributed by atoms with Crippen LogP contribution in [0, 0.1) is 0 Å². The number of nitrogens with zero attached hydrogens (tertiary/aromatic N) is 5. The molecule has 7 nitrogen and oxygen atoms in total. The van der Waals surface area contributed by atoms with E-state index in [0.29, 0.717) is 12.1 Å². The summed E-state index contributed by atoms with van der Waals surface area (Å²) in [5.41, 5.74) is 4.19. The molecule has 1 aliphatic rings. The Hall–Kier alpha value is -3.55. The van der Waals surface area contributed by atoms with Crippen molar-refractivity contribution in [3.8, 4) is 11.3 Å². The highest BCUT2D eigenvalue weighted by Gasteiger charge is 2.24. The number of carbonyl (C=O) groups is 1. The van der Waals surface area contributed by atoms with Crippen molar-refractivity contribution in [1.29, 1.82) is 0 Å². The second kappa shape index (κ2) is 10.4. The Morgan fingerprint density at radius 1 is 1.00 bits per heavy atom. The van der Waals surface area contributed by atoms with Crippen LogP contribution >= 0.6 is 0 Å². The van der Waals surface area contributed by atoms with E-state index in [1.807, 2.05) is 66.2 Å². The molecule has 5 rings (SSSR count). The van der Waals surface area contributed by atoms with Crippen LogP contribution in [0.25, 0.3) is 22.3 Å². The van der Waals surface area contributed by atoms with E-state index < -0.39 is 0 Å². The highest BCUT2D eigenvalue weighted by Crippen LogP contribution is 2.26. The number of pyridine rings is 1. The van der Waals surface area contributed by atoms with Crippen molar-refractivity contribution in [3.63, 3.8) is 0 Å². The average Bonchev–Trinajstić information content (AvgIpc) is 3.33. The number of fused-ring (bicyclic) bond motifs is 1. The standard InChI is InChI=1S/C28H32N6O/c1-3-34-27-24(19-29-34)23(18-25(30-27)21-10-6-4-7-11-21)28(35)31-26(22-12-8-5-9-13-22)20-33-16-14-32(2)15-17-33/h4-13,18-19,26H,3,14-17,20H2,1-2H3,(H,31,35). The van der Waals surface area contributed by atoms with Crippen LogP contribution in [0.15, 0.2) is 72.9 Å². The third-order valence-electron chi connectivity index (χ3n) is 6.77.